The van der Waals surface area contributed by atoms with Crippen LogP contribution in [-0.4, -0.2) is 22.3 Å². The van der Waals surface area contributed by atoms with Crippen molar-refractivity contribution < 1.29 is 14.7 Å². The van der Waals surface area contributed by atoms with Gasteiger partial charge in [-0.25, -0.2) is 0 Å². The average Bonchev–Trinajstić information content (AvgIpc) is 2.87. The molecule has 4 rings (SSSR count). The maximum Gasteiger partial charge on any atom is 0.178 e. The summed E-state index contributed by atoms with van der Waals surface area (Å²) in [6.45, 7) is 10.9. The first-order valence-electron chi connectivity index (χ1n) is 10.8. The van der Waals surface area contributed by atoms with Crippen molar-refractivity contribution in [3.05, 3.63) is 23.8 Å². The molecular weight excluding hydrogens is 336 g/mol. The number of carbonyl (C=O) groups excluding carboxylic acids is 2. The van der Waals surface area contributed by atoms with E-state index in [1.807, 2.05) is 13.0 Å². The van der Waals surface area contributed by atoms with Gasteiger partial charge in [-0.05, 0) is 67.4 Å². The molecular formula is C24H34O3. The summed E-state index contributed by atoms with van der Waals surface area (Å²) in [5, 5.41) is 11.5. The second kappa shape index (κ2) is 5.89. The molecule has 148 valence electrons. The molecule has 3 saturated carbocycles. The van der Waals surface area contributed by atoms with E-state index >= 15 is 0 Å². The van der Waals surface area contributed by atoms with Crippen molar-refractivity contribution >= 4 is 11.6 Å². The molecule has 0 aromatic rings. The average molecular weight is 371 g/mol. The molecule has 0 aromatic heterocycles. The minimum Gasteiger partial charge on any atom is -0.381 e. The maximum atomic E-state index is 12.7. The van der Waals surface area contributed by atoms with Crippen LogP contribution in [0, 0.1) is 40.4 Å². The number of allylic oxidation sites excluding steroid dienone is 4. The first-order chi connectivity index (χ1) is 12.6. The highest BCUT2D eigenvalue weighted by Gasteiger charge is 2.67. The van der Waals surface area contributed by atoms with Gasteiger partial charge in [0.05, 0.1) is 0 Å². The molecule has 0 unspecified atom stereocenters. The van der Waals surface area contributed by atoms with E-state index in [2.05, 4.69) is 33.8 Å². The van der Waals surface area contributed by atoms with Gasteiger partial charge in [-0.2, -0.15) is 0 Å². The van der Waals surface area contributed by atoms with Crippen LogP contribution in [0.2, 0.25) is 0 Å². The molecule has 4 aliphatic carbocycles. The van der Waals surface area contributed by atoms with Crippen molar-refractivity contribution in [1.82, 2.24) is 0 Å². The number of ketones is 2. The lowest BCUT2D eigenvalue weighted by Gasteiger charge is -2.61. The summed E-state index contributed by atoms with van der Waals surface area (Å²) in [7, 11) is 0. The number of hydrogen-bond donors (Lipinski definition) is 1. The predicted molar refractivity (Wildman–Crippen MR) is 106 cm³/mol. The van der Waals surface area contributed by atoms with Gasteiger partial charge in [-0.15, -0.1) is 0 Å². The van der Waals surface area contributed by atoms with Crippen LogP contribution in [0.3, 0.4) is 0 Å². The SMILES string of the molecule is CCC(=O)[C@@]1(O)CC[C@H]2[C@@H]3C[C@H](C)C4=CC(=O)C=C[C@]4(C)[C@H]3[C@@H](C)C[C@@]21C. The Morgan fingerprint density at radius 2 is 2.00 bits per heavy atom. The van der Waals surface area contributed by atoms with E-state index in [9.17, 15) is 14.7 Å². The van der Waals surface area contributed by atoms with Crippen molar-refractivity contribution in [2.24, 2.45) is 40.4 Å². The van der Waals surface area contributed by atoms with E-state index in [0.29, 0.717) is 42.4 Å². The lowest BCUT2D eigenvalue weighted by atomic mass is 9.43. The van der Waals surface area contributed by atoms with Crippen molar-refractivity contribution in [2.45, 2.75) is 72.3 Å². The zero-order valence-electron chi connectivity index (χ0n) is 17.4. The topological polar surface area (TPSA) is 54.4 Å². The van der Waals surface area contributed by atoms with Gasteiger partial charge in [0.2, 0.25) is 0 Å². The first-order valence-corrected chi connectivity index (χ1v) is 10.8. The van der Waals surface area contributed by atoms with E-state index in [4.69, 9.17) is 0 Å². The normalized spacial score (nSPS) is 51.3. The molecule has 0 saturated heterocycles. The van der Waals surface area contributed by atoms with Gasteiger partial charge in [0.1, 0.15) is 5.60 Å². The van der Waals surface area contributed by atoms with Crippen LogP contribution in [0.4, 0.5) is 0 Å². The molecule has 0 radical (unpaired) electrons. The quantitative estimate of drug-likeness (QED) is 0.779. The zero-order chi connectivity index (χ0) is 19.8. The van der Waals surface area contributed by atoms with Gasteiger partial charge >= 0.3 is 0 Å². The Labute approximate surface area is 163 Å². The highest BCUT2D eigenvalue weighted by Crippen LogP contribution is 2.69. The molecule has 4 aliphatic rings. The molecule has 0 aromatic carbocycles. The number of carbonyl (C=O) groups is 2. The summed E-state index contributed by atoms with van der Waals surface area (Å²) in [5.41, 5.74) is -0.271. The summed E-state index contributed by atoms with van der Waals surface area (Å²) >= 11 is 0. The molecule has 8 atom stereocenters. The van der Waals surface area contributed by atoms with Crippen molar-refractivity contribution in [3.8, 4) is 0 Å². The van der Waals surface area contributed by atoms with Crippen LogP contribution in [0.15, 0.2) is 23.8 Å². The van der Waals surface area contributed by atoms with E-state index in [-0.39, 0.29) is 22.4 Å². The molecule has 0 heterocycles. The smallest absolute Gasteiger partial charge is 0.178 e. The summed E-state index contributed by atoms with van der Waals surface area (Å²) < 4.78 is 0. The second-order valence-corrected chi connectivity index (χ2v) is 10.3. The van der Waals surface area contributed by atoms with Crippen molar-refractivity contribution in [1.29, 1.82) is 0 Å². The van der Waals surface area contributed by atoms with Gasteiger partial charge in [-0.1, -0.05) is 46.3 Å². The van der Waals surface area contributed by atoms with Gasteiger partial charge < -0.3 is 5.11 Å². The second-order valence-electron chi connectivity index (χ2n) is 10.3. The fourth-order valence-corrected chi connectivity index (χ4v) is 8.07. The third kappa shape index (κ3) is 2.30. The fraction of sp³-hybridized carbons (Fsp3) is 0.750. The Morgan fingerprint density at radius 1 is 1.30 bits per heavy atom. The van der Waals surface area contributed by atoms with Crippen LogP contribution in [0.25, 0.3) is 0 Å². The standard InChI is InChI=1S/C24H34O3/c1-6-20(26)24(27)10-8-18-17-11-14(2)19-12-16(25)7-9-22(19,4)21(17)15(3)13-23(18,24)5/h7,9,12,14-15,17-18,21,27H,6,8,10-11,13H2,1-5H3/t14-,15-,17-,18-,21-,22-,23-,24-/m0/s1. The van der Waals surface area contributed by atoms with Crippen molar-refractivity contribution in [3.63, 3.8) is 0 Å². The molecule has 3 heteroatoms. The van der Waals surface area contributed by atoms with Crippen LogP contribution in [0.5, 0.6) is 0 Å². The van der Waals surface area contributed by atoms with Crippen LogP contribution in [0.1, 0.15) is 66.7 Å². The molecule has 0 amide bonds. The zero-order valence-corrected chi connectivity index (χ0v) is 17.4. The van der Waals surface area contributed by atoms with E-state index in [1.165, 1.54) is 5.57 Å². The van der Waals surface area contributed by atoms with Gasteiger partial charge in [0.15, 0.2) is 11.6 Å². The number of hydrogen-bond acceptors (Lipinski definition) is 3. The summed E-state index contributed by atoms with van der Waals surface area (Å²) in [6, 6.07) is 0. The van der Waals surface area contributed by atoms with Gasteiger partial charge in [-0.3, -0.25) is 9.59 Å². The van der Waals surface area contributed by atoms with Crippen LogP contribution < -0.4 is 0 Å². The molecule has 0 aliphatic heterocycles. The minimum atomic E-state index is -1.16. The molecule has 3 fully saturated rings. The fourth-order valence-electron chi connectivity index (χ4n) is 8.07. The Bertz CT molecular complexity index is 749. The third-order valence-electron chi connectivity index (χ3n) is 9.06. The molecule has 3 nitrogen and oxygen atoms in total. The van der Waals surface area contributed by atoms with Gasteiger partial charge in [0.25, 0.3) is 0 Å². The lowest BCUT2D eigenvalue weighted by Crippen LogP contribution is -2.60. The highest BCUT2D eigenvalue weighted by molar-refractivity contribution is 6.01. The summed E-state index contributed by atoms with van der Waals surface area (Å²) in [5.74, 6) is 2.27. The Morgan fingerprint density at radius 3 is 2.67 bits per heavy atom. The van der Waals surface area contributed by atoms with Crippen molar-refractivity contribution in [2.75, 3.05) is 0 Å². The summed E-state index contributed by atoms with van der Waals surface area (Å²) in [4.78, 5) is 24.8. The largest absolute Gasteiger partial charge is 0.381 e. The molecule has 0 bridgehead atoms. The number of rotatable bonds is 2. The van der Waals surface area contributed by atoms with Crippen LogP contribution >= 0.6 is 0 Å². The molecule has 27 heavy (non-hydrogen) atoms. The van der Waals surface area contributed by atoms with E-state index < -0.39 is 5.60 Å². The molecule has 0 spiro atoms. The Kier molecular flexibility index (Phi) is 4.17. The monoisotopic (exact) mass is 370 g/mol. The Balaban J connectivity index is 1.78. The van der Waals surface area contributed by atoms with E-state index in [0.717, 1.165) is 19.3 Å². The highest BCUT2D eigenvalue weighted by atomic mass is 16.3. The van der Waals surface area contributed by atoms with Crippen LogP contribution in [-0.2, 0) is 9.59 Å². The van der Waals surface area contributed by atoms with E-state index in [1.54, 1.807) is 6.08 Å². The maximum absolute atomic E-state index is 12.7. The molecule has 1 N–H and O–H groups in total. The first kappa shape index (κ1) is 19.1. The number of Topliss-reactive ketones (excluding diaryl/α,β-unsaturated/α-hetero) is 1. The number of aliphatic hydroxyl groups is 1. The predicted octanol–water partition coefficient (Wildman–Crippen LogP) is 4.50. The lowest BCUT2D eigenvalue weighted by molar-refractivity contribution is -0.167. The minimum absolute atomic E-state index is 0.0250. The third-order valence-corrected chi connectivity index (χ3v) is 9.06. The number of fused-ring (bicyclic) bond motifs is 5. The Hall–Kier alpha value is -1.22. The summed E-state index contributed by atoms with van der Waals surface area (Å²) in [6.07, 6.45) is 9.71. The van der Waals surface area contributed by atoms with Gasteiger partial charge in [0, 0.05) is 17.3 Å².